The molecule has 2 bridgehead atoms. The van der Waals surface area contributed by atoms with Crippen LogP contribution < -0.4 is 17.0 Å². The molecule has 2 nitrogen and oxygen atoms in total. The van der Waals surface area contributed by atoms with Crippen LogP contribution in [0.4, 0.5) is 0 Å². The lowest BCUT2D eigenvalue weighted by atomic mass is 9.73. The van der Waals surface area contributed by atoms with Crippen molar-refractivity contribution in [1.82, 2.24) is 0 Å². The fraction of sp³-hybridized carbons (Fsp3) is 0.591. The van der Waals surface area contributed by atoms with Crippen molar-refractivity contribution in [2.75, 3.05) is 14.1 Å². The van der Waals surface area contributed by atoms with Gasteiger partial charge in [0.15, 0.2) is 0 Å². The van der Waals surface area contributed by atoms with E-state index >= 15 is 0 Å². The zero-order valence-electron chi connectivity index (χ0n) is 16.7. The van der Waals surface area contributed by atoms with Gasteiger partial charge in [-0.15, -0.1) is 22.7 Å². The van der Waals surface area contributed by atoms with E-state index in [-0.39, 0.29) is 17.0 Å². The molecule has 0 aromatic carbocycles. The predicted molar refractivity (Wildman–Crippen MR) is 111 cm³/mol. The first-order chi connectivity index (χ1) is 12.3. The van der Waals surface area contributed by atoms with Crippen LogP contribution in [0.3, 0.4) is 0 Å². The summed E-state index contributed by atoms with van der Waals surface area (Å²) in [5, 5.41) is 10.4. The molecular weight excluding hydrogens is 436 g/mol. The summed E-state index contributed by atoms with van der Waals surface area (Å²) in [5.41, 5.74) is -0.462. The number of halogens is 1. The Labute approximate surface area is 182 Å². The summed E-state index contributed by atoms with van der Waals surface area (Å²) < 4.78 is 1.20. The number of nitriles is 1. The Morgan fingerprint density at radius 1 is 1.00 bits per heavy atom. The second-order valence-electron chi connectivity index (χ2n) is 8.89. The maximum Gasteiger partial charge on any atom is 0.126 e. The summed E-state index contributed by atoms with van der Waals surface area (Å²) in [6.07, 6.45) is 6.27. The van der Waals surface area contributed by atoms with E-state index in [1.54, 1.807) is 0 Å². The lowest BCUT2D eigenvalue weighted by Gasteiger charge is -2.45. The number of quaternary nitrogens is 1. The van der Waals surface area contributed by atoms with Gasteiger partial charge in [-0.25, -0.2) is 0 Å². The van der Waals surface area contributed by atoms with Crippen LogP contribution in [-0.4, -0.2) is 30.7 Å². The van der Waals surface area contributed by atoms with Crippen molar-refractivity contribution in [2.45, 2.75) is 63.5 Å². The Bertz CT molecular complexity index is 788. The van der Waals surface area contributed by atoms with E-state index in [9.17, 15) is 5.26 Å². The molecule has 0 N–H and O–H groups in total. The van der Waals surface area contributed by atoms with Gasteiger partial charge < -0.3 is 21.5 Å². The van der Waals surface area contributed by atoms with Crippen LogP contribution in [0.25, 0.3) is 0 Å². The topological polar surface area (TPSA) is 23.8 Å². The average molecular weight is 466 g/mol. The molecule has 4 heterocycles. The average Bonchev–Trinajstić information content (AvgIpc) is 3.23. The molecule has 2 unspecified atom stereocenters. The maximum atomic E-state index is 10.4. The van der Waals surface area contributed by atoms with Gasteiger partial charge in [0.25, 0.3) is 0 Å². The lowest BCUT2D eigenvalue weighted by Crippen LogP contribution is -3.00. The number of hydrogen-bond donors (Lipinski definition) is 0. The highest BCUT2D eigenvalue weighted by Gasteiger charge is 2.51. The third kappa shape index (κ3) is 3.55. The second-order valence-corrected chi connectivity index (χ2v) is 11.5. The maximum absolute atomic E-state index is 10.4. The van der Waals surface area contributed by atoms with Crippen molar-refractivity contribution >= 4 is 22.7 Å². The van der Waals surface area contributed by atoms with Gasteiger partial charge in [-0.1, -0.05) is 0 Å². The molecule has 0 aliphatic carbocycles. The van der Waals surface area contributed by atoms with Gasteiger partial charge in [-0.05, 0) is 50.5 Å². The van der Waals surface area contributed by atoms with Crippen LogP contribution in [0.5, 0.6) is 0 Å². The highest BCUT2D eigenvalue weighted by atomic mass is 79.9. The SMILES string of the molecule is Cc1ccc(C(C#N)(CC2CC3CCC(C2)[N+]3(C)C)c2ccc(C)s2)s1.[Br-]. The molecule has 4 rings (SSSR count). The zero-order chi connectivity index (χ0) is 18.5. The van der Waals surface area contributed by atoms with Gasteiger partial charge in [-0.2, -0.15) is 5.26 Å². The Kier molecular flexibility index (Phi) is 5.95. The number of rotatable bonds is 4. The molecule has 146 valence electrons. The fourth-order valence-corrected chi connectivity index (χ4v) is 7.53. The van der Waals surface area contributed by atoms with Crippen LogP contribution in [0.15, 0.2) is 24.3 Å². The third-order valence-corrected chi connectivity index (χ3v) is 9.36. The molecule has 0 amide bonds. The third-order valence-electron chi connectivity index (χ3n) is 7.03. The Balaban J connectivity index is 0.00000210. The number of thiophene rings is 2. The van der Waals surface area contributed by atoms with Gasteiger partial charge in [0.05, 0.1) is 32.2 Å². The van der Waals surface area contributed by atoms with Crippen LogP contribution in [0, 0.1) is 31.1 Å². The molecule has 2 aromatic heterocycles. The van der Waals surface area contributed by atoms with Gasteiger partial charge in [0.2, 0.25) is 0 Å². The van der Waals surface area contributed by atoms with Crippen LogP contribution in [-0.2, 0) is 5.41 Å². The van der Waals surface area contributed by atoms with Crippen molar-refractivity contribution in [1.29, 1.82) is 5.26 Å². The first-order valence-corrected chi connectivity index (χ1v) is 11.4. The molecule has 2 saturated heterocycles. The Hall–Kier alpha value is -0.670. The van der Waals surface area contributed by atoms with Crippen molar-refractivity contribution in [3.05, 3.63) is 43.8 Å². The van der Waals surface area contributed by atoms with E-state index < -0.39 is 5.41 Å². The summed E-state index contributed by atoms with van der Waals surface area (Å²) in [7, 11) is 4.84. The standard InChI is InChI=1S/C22H29N2S2.BrH/c1-15-5-9-20(25-15)22(14-23,21-10-6-16(2)26-21)13-17-11-18-7-8-19(12-17)24(18,3)4;/h5-6,9-10,17-19H,7-8,11-13H2,1-4H3;1H/q+1;/p-1. The minimum atomic E-state index is -0.462. The van der Waals surface area contributed by atoms with E-state index in [1.807, 2.05) is 22.7 Å². The minimum Gasteiger partial charge on any atom is -1.00 e. The first kappa shape index (κ1) is 21.0. The number of piperidine rings is 1. The number of fused-ring (bicyclic) bond motifs is 2. The number of nitrogens with zero attached hydrogens (tertiary/aromatic N) is 2. The summed E-state index contributed by atoms with van der Waals surface area (Å²) in [6.45, 7) is 4.30. The molecule has 2 aliphatic heterocycles. The van der Waals surface area contributed by atoms with E-state index in [0.29, 0.717) is 5.92 Å². The van der Waals surface area contributed by atoms with Gasteiger partial charge in [0, 0.05) is 45.2 Å². The molecule has 27 heavy (non-hydrogen) atoms. The van der Waals surface area contributed by atoms with Gasteiger partial charge in [-0.3, -0.25) is 0 Å². The molecule has 2 aromatic rings. The van der Waals surface area contributed by atoms with Gasteiger partial charge in [0.1, 0.15) is 5.41 Å². The Morgan fingerprint density at radius 2 is 1.48 bits per heavy atom. The van der Waals surface area contributed by atoms with Crippen LogP contribution in [0.1, 0.15) is 51.6 Å². The summed E-state index contributed by atoms with van der Waals surface area (Å²) in [4.78, 5) is 5.08. The summed E-state index contributed by atoms with van der Waals surface area (Å²) >= 11 is 3.62. The van der Waals surface area contributed by atoms with Crippen molar-refractivity contribution in [3.63, 3.8) is 0 Å². The molecule has 2 atom stereocenters. The molecule has 0 radical (unpaired) electrons. The number of aryl methyl sites for hydroxylation is 2. The zero-order valence-corrected chi connectivity index (χ0v) is 19.9. The summed E-state index contributed by atoms with van der Waals surface area (Å²) in [5.74, 6) is 0.656. The monoisotopic (exact) mass is 464 g/mol. The predicted octanol–water partition coefficient (Wildman–Crippen LogP) is 2.65. The lowest BCUT2D eigenvalue weighted by molar-refractivity contribution is -0.931. The molecule has 5 heteroatoms. The molecule has 0 saturated carbocycles. The highest BCUT2D eigenvalue weighted by molar-refractivity contribution is 7.13. The van der Waals surface area contributed by atoms with Crippen LogP contribution in [0.2, 0.25) is 0 Å². The quantitative estimate of drug-likeness (QED) is 0.637. The van der Waals surface area contributed by atoms with Crippen molar-refractivity contribution in [2.24, 2.45) is 5.92 Å². The summed E-state index contributed by atoms with van der Waals surface area (Å²) in [6, 6.07) is 13.1. The first-order valence-electron chi connectivity index (χ1n) is 9.73. The highest BCUT2D eigenvalue weighted by Crippen LogP contribution is 2.49. The number of hydrogen-bond acceptors (Lipinski definition) is 3. The van der Waals surface area contributed by atoms with Gasteiger partial charge >= 0.3 is 0 Å². The van der Waals surface area contributed by atoms with Crippen molar-refractivity contribution < 1.29 is 21.5 Å². The minimum absolute atomic E-state index is 0. The van der Waals surface area contributed by atoms with Crippen molar-refractivity contribution in [3.8, 4) is 6.07 Å². The normalized spacial score (nSPS) is 26.4. The van der Waals surface area contributed by atoms with E-state index in [1.165, 1.54) is 49.7 Å². The van der Waals surface area contributed by atoms with E-state index in [2.05, 4.69) is 58.3 Å². The van der Waals surface area contributed by atoms with Crippen LogP contribution >= 0.6 is 22.7 Å². The fourth-order valence-electron chi connectivity index (χ4n) is 5.40. The molecule has 2 aliphatic rings. The smallest absolute Gasteiger partial charge is 0.126 e. The molecular formula is C22H29BrN2S2. The second kappa shape index (κ2) is 7.63. The molecule has 2 fully saturated rings. The largest absolute Gasteiger partial charge is 1.00 e. The molecule has 0 spiro atoms. The van der Waals surface area contributed by atoms with E-state index in [0.717, 1.165) is 18.5 Å². The Morgan fingerprint density at radius 3 is 1.85 bits per heavy atom. The van der Waals surface area contributed by atoms with E-state index in [4.69, 9.17) is 0 Å².